The van der Waals surface area contributed by atoms with Gasteiger partial charge in [0.25, 0.3) is 0 Å². The first-order valence-corrected chi connectivity index (χ1v) is 7.19. The highest BCUT2D eigenvalue weighted by Gasteiger charge is 2.11. The van der Waals surface area contributed by atoms with Gasteiger partial charge in [-0.25, -0.2) is 4.98 Å². The molecule has 0 amide bonds. The summed E-state index contributed by atoms with van der Waals surface area (Å²) >= 11 is 0. The molecule has 1 atom stereocenters. The maximum atomic E-state index is 5.71. The second kappa shape index (κ2) is 7.20. The van der Waals surface area contributed by atoms with Gasteiger partial charge in [-0.2, -0.15) is 0 Å². The van der Waals surface area contributed by atoms with Crippen LogP contribution < -0.4 is 16.0 Å². The monoisotopic (exact) mass is 285 g/mol. The van der Waals surface area contributed by atoms with Crippen LogP contribution in [0.25, 0.3) is 0 Å². The van der Waals surface area contributed by atoms with Crippen LogP contribution in [0.1, 0.15) is 42.5 Å². The molecule has 1 aromatic carbocycles. The van der Waals surface area contributed by atoms with Crippen molar-refractivity contribution in [2.24, 2.45) is 5.84 Å². The second-order valence-corrected chi connectivity index (χ2v) is 5.45. The van der Waals surface area contributed by atoms with Crippen LogP contribution in [0.3, 0.4) is 0 Å². The maximum absolute atomic E-state index is 5.71. The normalized spacial score (nSPS) is 12.4. The van der Waals surface area contributed by atoms with Gasteiger partial charge in [0.2, 0.25) is 5.88 Å². The molecule has 0 bridgehead atoms. The summed E-state index contributed by atoms with van der Waals surface area (Å²) in [4.78, 5) is 4.22. The Morgan fingerprint density at radius 2 is 1.76 bits per heavy atom. The van der Waals surface area contributed by atoms with Crippen molar-refractivity contribution in [3.63, 3.8) is 0 Å². The fourth-order valence-electron chi connectivity index (χ4n) is 2.27. The van der Waals surface area contributed by atoms with Crippen molar-refractivity contribution in [3.8, 4) is 5.88 Å². The minimum atomic E-state index is 0.0707. The number of pyridine rings is 1. The van der Waals surface area contributed by atoms with Gasteiger partial charge >= 0.3 is 0 Å². The third kappa shape index (κ3) is 4.03. The molecule has 21 heavy (non-hydrogen) atoms. The van der Waals surface area contributed by atoms with Gasteiger partial charge in [0, 0.05) is 12.3 Å². The number of benzene rings is 1. The number of ether oxygens (including phenoxy) is 1. The molecular formula is C17H23N3O. The van der Waals surface area contributed by atoms with E-state index in [9.17, 15) is 0 Å². The number of rotatable bonds is 6. The predicted octanol–water partition coefficient (Wildman–Crippen LogP) is 2.96. The fraction of sp³-hybridized carbons (Fsp3) is 0.353. The summed E-state index contributed by atoms with van der Waals surface area (Å²) in [6.45, 7) is 4.38. The number of nitrogens with one attached hydrogen (secondary N) is 1. The first kappa shape index (κ1) is 15.5. The molecule has 4 nitrogen and oxygen atoms in total. The van der Waals surface area contributed by atoms with Crippen LogP contribution in [0.4, 0.5) is 0 Å². The van der Waals surface area contributed by atoms with E-state index in [4.69, 9.17) is 10.6 Å². The fourth-order valence-corrected chi connectivity index (χ4v) is 2.27. The molecule has 0 radical (unpaired) electrons. The third-order valence-corrected chi connectivity index (χ3v) is 3.65. The first-order chi connectivity index (χ1) is 10.1. The van der Waals surface area contributed by atoms with Crippen LogP contribution in [0, 0.1) is 0 Å². The minimum absolute atomic E-state index is 0.0707. The number of aromatic nitrogens is 1. The van der Waals surface area contributed by atoms with Gasteiger partial charge in [-0.05, 0) is 29.0 Å². The van der Waals surface area contributed by atoms with E-state index in [1.54, 1.807) is 7.11 Å². The molecule has 4 heteroatoms. The molecule has 3 N–H and O–H groups in total. The van der Waals surface area contributed by atoms with Crippen LogP contribution in [-0.4, -0.2) is 12.1 Å². The molecule has 2 aromatic rings. The number of hydrazine groups is 1. The Labute approximate surface area is 126 Å². The van der Waals surface area contributed by atoms with Crippen molar-refractivity contribution in [2.75, 3.05) is 7.11 Å². The zero-order chi connectivity index (χ0) is 15.2. The van der Waals surface area contributed by atoms with Crippen LogP contribution in [0.15, 0.2) is 42.6 Å². The molecule has 1 unspecified atom stereocenters. The Bertz CT molecular complexity index is 549. The van der Waals surface area contributed by atoms with E-state index in [0.29, 0.717) is 11.8 Å². The zero-order valence-electron chi connectivity index (χ0n) is 12.8. The third-order valence-electron chi connectivity index (χ3n) is 3.65. The highest BCUT2D eigenvalue weighted by molar-refractivity contribution is 5.28. The van der Waals surface area contributed by atoms with E-state index >= 15 is 0 Å². The van der Waals surface area contributed by atoms with E-state index in [-0.39, 0.29) is 6.04 Å². The lowest BCUT2D eigenvalue weighted by Gasteiger charge is -2.17. The van der Waals surface area contributed by atoms with Crippen molar-refractivity contribution >= 4 is 0 Å². The highest BCUT2D eigenvalue weighted by Crippen LogP contribution is 2.21. The summed E-state index contributed by atoms with van der Waals surface area (Å²) in [6.07, 6.45) is 2.61. The topological polar surface area (TPSA) is 60.2 Å². The molecule has 0 spiro atoms. The number of hydrogen-bond acceptors (Lipinski definition) is 4. The van der Waals surface area contributed by atoms with Gasteiger partial charge in [0.1, 0.15) is 0 Å². The molecule has 0 saturated carbocycles. The molecule has 0 aliphatic carbocycles. The summed E-state index contributed by atoms with van der Waals surface area (Å²) in [7, 11) is 1.61. The average Bonchev–Trinajstić information content (AvgIpc) is 2.53. The Morgan fingerprint density at radius 1 is 1.10 bits per heavy atom. The summed E-state index contributed by atoms with van der Waals surface area (Å²) in [5.74, 6) is 6.87. The van der Waals surface area contributed by atoms with Gasteiger partial charge < -0.3 is 4.74 Å². The maximum Gasteiger partial charge on any atom is 0.212 e. The quantitative estimate of drug-likeness (QED) is 0.633. The first-order valence-electron chi connectivity index (χ1n) is 7.19. The summed E-state index contributed by atoms with van der Waals surface area (Å²) < 4.78 is 5.07. The van der Waals surface area contributed by atoms with E-state index in [1.165, 1.54) is 11.1 Å². The second-order valence-electron chi connectivity index (χ2n) is 5.45. The lowest BCUT2D eigenvalue weighted by atomic mass is 9.96. The molecule has 1 aromatic heterocycles. The standard InChI is InChI=1S/C17H23N3O/c1-12(2)14-5-7-15(8-6-14)16(20-18)10-13-4-9-17(21-3)19-11-13/h4-9,11-12,16,20H,10,18H2,1-3H3. The van der Waals surface area contributed by atoms with Gasteiger partial charge in [0.05, 0.1) is 13.2 Å². The largest absolute Gasteiger partial charge is 0.481 e. The molecule has 0 saturated heterocycles. The molecule has 0 aliphatic heterocycles. The lowest BCUT2D eigenvalue weighted by molar-refractivity contribution is 0.397. The van der Waals surface area contributed by atoms with Crippen molar-refractivity contribution in [2.45, 2.75) is 32.2 Å². The summed E-state index contributed by atoms with van der Waals surface area (Å²) in [5, 5.41) is 0. The molecule has 112 valence electrons. The van der Waals surface area contributed by atoms with Crippen molar-refractivity contribution in [1.82, 2.24) is 10.4 Å². The van der Waals surface area contributed by atoms with Crippen LogP contribution in [0.2, 0.25) is 0 Å². The lowest BCUT2D eigenvalue weighted by Crippen LogP contribution is -2.29. The Balaban J connectivity index is 2.11. The van der Waals surface area contributed by atoms with Gasteiger partial charge in [0.15, 0.2) is 0 Å². The van der Waals surface area contributed by atoms with E-state index in [2.05, 4.69) is 48.5 Å². The molecule has 0 aliphatic rings. The number of nitrogens with zero attached hydrogens (tertiary/aromatic N) is 1. The average molecular weight is 285 g/mol. The van der Waals surface area contributed by atoms with Crippen LogP contribution in [-0.2, 0) is 6.42 Å². The van der Waals surface area contributed by atoms with Gasteiger partial charge in [-0.3, -0.25) is 11.3 Å². The van der Waals surface area contributed by atoms with Crippen LogP contribution in [0.5, 0.6) is 5.88 Å². The number of nitrogens with two attached hydrogens (primary N) is 1. The van der Waals surface area contributed by atoms with Crippen LogP contribution >= 0.6 is 0 Å². The number of methoxy groups -OCH3 is 1. The highest BCUT2D eigenvalue weighted by atomic mass is 16.5. The SMILES string of the molecule is COc1ccc(CC(NN)c2ccc(C(C)C)cc2)cn1. The minimum Gasteiger partial charge on any atom is -0.481 e. The van der Waals surface area contributed by atoms with Crippen molar-refractivity contribution in [1.29, 1.82) is 0 Å². The molecule has 2 rings (SSSR count). The molecule has 1 heterocycles. The zero-order valence-corrected chi connectivity index (χ0v) is 12.8. The Hall–Kier alpha value is -1.91. The van der Waals surface area contributed by atoms with E-state index in [0.717, 1.165) is 12.0 Å². The summed E-state index contributed by atoms with van der Waals surface area (Å²) in [6, 6.07) is 12.5. The molecule has 0 fully saturated rings. The molecular weight excluding hydrogens is 262 g/mol. The smallest absolute Gasteiger partial charge is 0.212 e. The van der Waals surface area contributed by atoms with Gasteiger partial charge in [-0.15, -0.1) is 0 Å². The summed E-state index contributed by atoms with van der Waals surface area (Å²) in [5.41, 5.74) is 6.51. The van der Waals surface area contributed by atoms with Crippen molar-refractivity contribution < 1.29 is 4.74 Å². The van der Waals surface area contributed by atoms with E-state index < -0.39 is 0 Å². The predicted molar refractivity (Wildman–Crippen MR) is 85.1 cm³/mol. The van der Waals surface area contributed by atoms with E-state index in [1.807, 2.05) is 18.3 Å². The number of hydrogen-bond donors (Lipinski definition) is 2. The Kier molecular flexibility index (Phi) is 5.31. The van der Waals surface area contributed by atoms with Crippen molar-refractivity contribution in [3.05, 3.63) is 59.3 Å². The Morgan fingerprint density at radius 3 is 2.24 bits per heavy atom. The van der Waals surface area contributed by atoms with Gasteiger partial charge in [-0.1, -0.05) is 44.2 Å².